The molecule has 0 spiro atoms. The molecule has 0 aliphatic heterocycles. The van der Waals surface area contributed by atoms with E-state index in [9.17, 15) is 0 Å². The molecule has 0 fully saturated rings. The van der Waals surface area contributed by atoms with Gasteiger partial charge in [-0.25, -0.2) is 0 Å². The number of hydrogen-bond acceptors (Lipinski definition) is 0. The van der Waals surface area contributed by atoms with E-state index in [4.69, 9.17) is 0 Å². The van der Waals surface area contributed by atoms with Crippen molar-refractivity contribution in [1.82, 2.24) is 0 Å². The Kier molecular flexibility index (Phi) is 21.7. The van der Waals surface area contributed by atoms with Gasteiger partial charge in [0.25, 0.3) is 0 Å². The number of quaternary nitrogens is 3. The van der Waals surface area contributed by atoms with Crippen molar-refractivity contribution in [2.75, 3.05) is 78.5 Å². The summed E-state index contributed by atoms with van der Waals surface area (Å²) >= 11 is 0. The van der Waals surface area contributed by atoms with Gasteiger partial charge in [-0.05, 0) is 104 Å². The van der Waals surface area contributed by atoms with Crippen molar-refractivity contribution in [3.05, 3.63) is 0 Å². The SMILES string of the molecule is CCC[N+](CC)(CCC)CCCCCC[N+](CC)(CCC)CCCCCC[N+](CC)(CCC)CCC. The Morgan fingerprint density at radius 1 is 0.250 bits per heavy atom. The number of nitrogens with zero attached hydrogens (tertiary/aromatic N) is 3. The Morgan fingerprint density at radius 3 is 0.611 bits per heavy atom. The zero-order chi connectivity index (χ0) is 27.2. The van der Waals surface area contributed by atoms with Crippen LogP contribution >= 0.6 is 0 Å². The van der Waals surface area contributed by atoms with Crippen molar-refractivity contribution < 1.29 is 13.4 Å². The third-order valence-electron chi connectivity index (χ3n) is 9.53. The van der Waals surface area contributed by atoms with Gasteiger partial charge in [0.15, 0.2) is 0 Å². The van der Waals surface area contributed by atoms with Crippen LogP contribution in [0.25, 0.3) is 0 Å². The summed E-state index contributed by atoms with van der Waals surface area (Å²) in [7, 11) is 0. The van der Waals surface area contributed by atoms with Crippen LogP contribution in [-0.2, 0) is 0 Å². The van der Waals surface area contributed by atoms with E-state index >= 15 is 0 Å². The molecule has 3 nitrogen and oxygen atoms in total. The zero-order valence-electron chi connectivity index (χ0n) is 27.0. The zero-order valence-corrected chi connectivity index (χ0v) is 27.0. The molecule has 0 atom stereocenters. The first-order valence-electron chi connectivity index (χ1n) is 17.0. The minimum Gasteiger partial charge on any atom is -0.324 e. The van der Waals surface area contributed by atoms with Gasteiger partial charge in [0, 0.05) is 0 Å². The van der Waals surface area contributed by atoms with Crippen LogP contribution in [0.4, 0.5) is 0 Å². The van der Waals surface area contributed by atoms with Crippen LogP contribution < -0.4 is 0 Å². The van der Waals surface area contributed by atoms with Crippen molar-refractivity contribution in [2.45, 2.75) is 139 Å². The summed E-state index contributed by atoms with van der Waals surface area (Å²) in [5.41, 5.74) is 0. The molecule has 36 heavy (non-hydrogen) atoms. The van der Waals surface area contributed by atoms with Gasteiger partial charge in [-0.2, -0.15) is 0 Å². The summed E-state index contributed by atoms with van der Waals surface area (Å²) in [6.45, 7) is 35.7. The van der Waals surface area contributed by atoms with Crippen LogP contribution in [0.5, 0.6) is 0 Å². The fraction of sp³-hybridized carbons (Fsp3) is 1.00. The first-order chi connectivity index (χ1) is 17.4. The van der Waals surface area contributed by atoms with Gasteiger partial charge in [0.2, 0.25) is 0 Å². The minimum atomic E-state index is 1.32. The molecule has 0 aromatic carbocycles. The molecule has 0 saturated carbocycles. The molecule has 218 valence electrons. The van der Waals surface area contributed by atoms with Gasteiger partial charge in [-0.15, -0.1) is 0 Å². The highest BCUT2D eigenvalue weighted by Crippen LogP contribution is 2.18. The van der Waals surface area contributed by atoms with Crippen molar-refractivity contribution in [1.29, 1.82) is 0 Å². The second-order valence-corrected chi connectivity index (χ2v) is 12.3. The fourth-order valence-corrected chi connectivity index (χ4v) is 7.30. The van der Waals surface area contributed by atoms with E-state index in [1.54, 1.807) is 0 Å². The summed E-state index contributed by atoms with van der Waals surface area (Å²) < 4.78 is 4.12. The molecule has 0 heterocycles. The van der Waals surface area contributed by atoms with E-state index in [2.05, 4.69) is 55.4 Å². The highest BCUT2D eigenvalue weighted by Gasteiger charge is 2.25. The lowest BCUT2D eigenvalue weighted by atomic mass is 10.1. The van der Waals surface area contributed by atoms with Crippen molar-refractivity contribution in [3.63, 3.8) is 0 Å². The summed E-state index contributed by atoms with van der Waals surface area (Å²) in [4.78, 5) is 0. The number of rotatable bonds is 27. The van der Waals surface area contributed by atoms with Gasteiger partial charge in [0.05, 0.1) is 78.5 Å². The van der Waals surface area contributed by atoms with Crippen LogP contribution in [0.1, 0.15) is 139 Å². The molecular formula is C33H74N3+3. The monoisotopic (exact) mass is 513 g/mol. The molecule has 0 aliphatic carbocycles. The van der Waals surface area contributed by atoms with Gasteiger partial charge in [-0.3, -0.25) is 0 Å². The third kappa shape index (κ3) is 14.1. The molecule has 0 amide bonds. The van der Waals surface area contributed by atoms with Crippen LogP contribution in [0.2, 0.25) is 0 Å². The van der Waals surface area contributed by atoms with E-state index in [0.717, 1.165) is 0 Å². The molecule has 0 saturated heterocycles. The molecule has 0 radical (unpaired) electrons. The van der Waals surface area contributed by atoms with E-state index in [-0.39, 0.29) is 0 Å². The van der Waals surface area contributed by atoms with E-state index in [0.29, 0.717) is 0 Å². The molecule has 3 heteroatoms. The third-order valence-corrected chi connectivity index (χ3v) is 9.53. The topological polar surface area (TPSA) is 0 Å². The lowest BCUT2D eigenvalue weighted by Crippen LogP contribution is -2.50. The average Bonchev–Trinajstić information content (AvgIpc) is 2.88. The molecule has 0 N–H and O–H groups in total. The fourth-order valence-electron chi connectivity index (χ4n) is 7.30. The maximum atomic E-state index is 2.46. The standard InChI is InChI=1S/C33H74N3/c1-9-25-34(14-6,26-10-2)30-21-17-19-23-32-36(16-8,29-13-5)33-24-20-18-22-31-35(15-7,27-11-3)28-12-4/h9-33H2,1-8H3/q+3. The molecule has 0 aliphatic rings. The van der Waals surface area contributed by atoms with Crippen LogP contribution in [0.3, 0.4) is 0 Å². The van der Waals surface area contributed by atoms with Crippen molar-refractivity contribution >= 4 is 0 Å². The molecule has 0 aromatic heterocycles. The van der Waals surface area contributed by atoms with E-state index in [1.165, 1.54) is 175 Å². The molecule has 0 rings (SSSR count). The maximum Gasteiger partial charge on any atom is 0.0786 e. The van der Waals surface area contributed by atoms with Crippen LogP contribution in [0.15, 0.2) is 0 Å². The first-order valence-corrected chi connectivity index (χ1v) is 17.0. The average molecular weight is 513 g/mol. The number of unbranched alkanes of at least 4 members (excludes halogenated alkanes) is 6. The van der Waals surface area contributed by atoms with Crippen molar-refractivity contribution in [2.24, 2.45) is 0 Å². The van der Waals surface area contributed by atoms with Crippen LogP contribution in [0, 0.1) is 0 Å². The van der Waals surface area contributed by atoms with Gasteiger partial charge >= 0.3 is 0 Å². The number of hydrogen-bond donors (Lipinski definition) is 0. The second-order valence-electron chi connectivity index (χ2n) is 12.3. The lowest BCUT2D eigenvalue weighted by Gasteiger charge is -2.39. The first kappa shape index (κ1) is 35.9. The summed E-state index contributed by atoms with van der Waals surface area (Å²) in [6.07, 6.45) is 18.2. The minimum absolute atomic E-state index is 1.32. The van der Waals surface area contributed by atoms with Crippen LogP contribution in [-0.4, -0.2) is 92.0 Å². The smallest absolute Gasteiger partial charge is 0.0786 e. The second kappa shape index (κ2) is 21.8. The van der Waals surface area contributed by atoms with Gasteiger partial charge < -0.3 is 13.4 Å². The summed E-state index contributed by atoms with van der Waals surface area (Å²) in [5.74, 6) is 0. The predicted octanol–water partition coefficient (Wildman–Crippen LogP) is 8.67. The molecule has 0 aromatic rings. The van der Waals surface area contributed by atoms with E-state index < -0.39 is 0 Å². The summed E-state index contributed by atoms with van der Waals surface area (Å²) in [5, 5.41) is 0. The quantitative estimate of drug-likeness (QED) is 0.0762. The Bertz CT molecular complexity index is 428. The Labute approximate surface area is 230 Å². The van der Waals surface area contributed by atoms with Crippen molar-refractivity contribution in [3.8, 4) is 0 Å². The van der Waals surface area contributed by atoms with Gasteiger partial charge in [-0.1, -0.05) is 34.6 Å². The normalized spacial score (nSPS) is 13.0. The Morgan fingerprint density at radius 2 is 0.444 bits per heavy atom. The Hall–Kier alpha value is -0.120. The Balaban J connectivity index is 4.45. The predicted molar refractivity (Wildman–Crippen MR) is 165 cm³/mol. The van der Waals surface area contributed by atoms with Gasteiger partial charge in [0.1, 0.15) is 0 Å². The lowest BCUT2D eigenvalue weighted by molar-refractivity contribution is -0.927. The molecular weight excluding hydrogens is 438 g/mol. The summed E-state index contributed by atoms with van der Waals surface area (Å²) in [6, 6.07) is 0. The molecule has 0 unspecified atom stereocenters. The molecule has 0 bridgehead atoms. The van der Waals surface area contributed by atoms with E-state index in [1.807, 2.05) is 0 Å². The largest absolute Gasteiger partial charge is 0.324 e. The highest BCUT2D eigenvalue weighted by molar-refractivity contribution is 4.52. The maximum absolute atomic E-state index is 2.46. The highest BCUT2D eigenvalue weighted by atomic mass is 15.4.